The Morgan fingerprint density at radius 3 is 2.00 bits per heavy atom. The van der Waals surface area contributed by atoms with E-state index in [1.807, 2.05) is 24.3 Å². The summed E-state index contributed by atoms with van der Waals surface area (Å²) in [5.41, 5.74) is 0.142. The Morgan fingerprint density at radius 2 is 1.37 bits per heavy atom. The molecule has 1 aliphatic carbocycles. The van der Waals surface area contributed by atoms with E-state index in [0.29, 0.717) is 25.7 Å². The van der Waals surface area contributed by atoms with Gasteiger partial charge in [-0.05, 0) is 78.9 Å². The van der Waals surface area contributed by atoms with E-state index >= 15 is 0 Å². The van der Waals surface area contributed by atoms with Gasteiger partial charge in [-0.25, -0.2) is 13.8 Å². The molecule has 4 aromatic rings. The Morgan fingerprint density at radius 1 is 0.789 bits per heavy atom. The van der Waals surface area contributed by atoms with E-state index in [2.05, 4.69) is 15.6 Å². The smallest absolute Gasteiger partial charge is 0.257 e. The van der Waals surface area contributed by atoms with Gasteiger partial charge in [-0.15, -0.1) is 0 Å². The Hall–Kier alpha value is -4.53. The minimum absolute atomic E-state index is 0.0727. The Bertz CT molecular complexity index is 1490. The molecule has 5 rings (SSSR count). The van der Waals surface area contributed by atoms with Crippen molar-refractivity contribution in [3.05, 3.63) is 95.7 Å². The highest BCUT2D eigenvalue weighted by Crippen LogP contribution is 2.27. The molecule has 0 aliphatic heterocycles. The van der Waals surface area contributed by atoms with Crippen molar-refractivity contribution in [2.24, 2.45) is 0 Å². The lowest BCUT2D eigenvalue weighted by Crippen LogP contribution is -2.43. The summed E-state index contributed by atoms with van der Waals surface area (Å²) in [4.78, 5) is 29.7. The van der Waals surface area contributed by atoms with Gasteiger partial charge in [-0.3, -0.25) is 9.59 Å². The minimum Gasteiger partial charge on any atom is -0.507 e. The minimum atomic E-state index is -0.690. The van der Waals surface area contributed by atoms with Crippen molar-refractivity contribution < 1.29 is 28.2 Å². The third-order valence-corrected chi connectivity index (χ3v) is 6.60. The van der Waals surface area contributed by atoms with Gasteiger partial charge in [0.2, 0.25) is 5.88 Å². The Kier molecular flexibility index (Phi) is 7.17. The van der Waals surface area contributed by atoms with E-state index in [9.17, 15) is 23.5 Å². The van der Waals surface area contributed by atoms with Crippen LogP contribution in [0.5, 0.6) is 17.4 Å². The highest BCUT2D eigenvalue weighted by atomic mass is 19.1. The van der Waals surface area contributed by atoms with Crippen molar-refractivity contribution in [1.29, 1.82) is 0 Å². The van der Waals surface area contributed by atoms with Crippen LogP contribution in [0.15, 0.2) is 72.9 Å². The number of rotatable bonds is 6. The number of pyridine rings is 1. The second-order valence-corrected chi connectivity index (χ2v) is 9.27. The molecule has 3 N–H and O–H groups in total. The number of nitrogens with one attached hydrogen (secondary N) is 2. The van der Waals surface area contributed by atoms with Gasteiger partial charge in [0.05, 0.1) is 11.8 Å². The van der Waals surface area contributed by atoms with Gasteiger partial charge in [0.25, 0.3) is 11.8 Å². The summed E-state index contributed by atoms with van der Waals surface area (Å²) in [6.45, 7) is 0. The lowest BCUT2D eigenvalue weighted by Gasteiger charge is -2.30. The number of nitrogens with zero attached hydrogens (tertiary/aromatic N) is 1. The number of carbonyl (C=O) groups is 2. The number of benzene rings is 3. The van der Waals surface area contributed by atoms with Crippen LogP contribution in [0, 0.1) is 11.6 Å². The second-order valence-electron chi connectivity index (χ2n) is 9.27. The summed E-state index contributed by atoms with van der Waals surface area (Å²) in [7, 11) is 0. The molecule has 3 aromatic carbocycles. The molecule has 0 bridgehead atoms. The van der Waals surface area contributed by atoms with Crippen LogP contribution in [0.3, 0.4) is 0 Å². The lowest BCUT2D eigenvalue weighted by molar-refractivity contribution is 0.0888. The number of aromatic hydroxyl groups is 1. The average Bonchev–Trinajstić information content (AvgIpc) is 2.91. The maximum Gasteiger partial charge on any atom is 0.257 e. The normalized spacial score (nSPS) is 17.1. The van der Waals surface area contributed by atoms with Crippen LogP contribution in [0.1, 0.15) is 46.4 Å². The molecule has 38 heavy (non-hydrogen) atoms. The summed E-state index contributed by atoms with van der Waals surface area (Å²) >= 11 is 0. The van der Waals surface area contributed by atoms with E-state index in [1.54, 1.807) is 12.1 Å². The van der Waals surface area contributed by atoms with Gasteiger partial charge < -0.3 is 20.5 Å². The Labute approximate surface area is 217 Å². The van der Waals surface area contributed by atoms with Crippen LogP contribution in [-0.4, -0.2) is 34.0 Å². The van der Waals surface area contributed by atoms with Crippen molar-refractivity contribution in [2.45, 2.75) is 37.8 Å². The SMILES string of the molecule is O=C(NC1CCC(NC(=O)c2cc(F)cnc2Oc2ccc(F)cc2)CC1)c1cc2ccccc2cc1O. The number of ether oxygens (including phenoxy) is 1. The fraction of sp³-hybridized carbons (Fsp3) is 0.207. The van der Waals surface area contributed by atoms with Gasteiger partial charge in [0.1, 0.15) is 28.7 Å². The first kappa shape index (κ1) is 25.1. The van der Waals surface area contributed by atoms with Crippen molar-refractivity contribution in [3.8, 4) is 17.4 Å². The number of phenols is 1. The summed E-state index contributed by atoms with van der Waals surface area (Å²) in [6, 6.07) is 16.6. The maximum atomic E-state index is 13.9. The van der Waals surface area contributed by atoms with E-state index in [-0.39, 0.29) is 46.5 Å². The van der Waals surface area contributed by atoms with Crippen LogP contribution < -0.4 is 15.4 Å². The average molecular weight is 518 g/mol. The van der Waals surface area contributed by atoms with E-state index < -0.39 is 17.5 Å². The third-order valence-electron chi connectivity index (χ3n) is 6.60. The van der Waals surface area contributed by atoms with Crippen LogP contribution in [0.25, 0.3) is 10.8 Å². The molecule has 1 saturated carbocycles. The molecule has 194 valence electrons. The first-order valence-corrected chi connectivity index (χ1v) is 12.3. The standard InChI is InChI=1S/C29H25F2N3O4/c30-19-5-11-23(12-6-19)38-29-25(15-20(31)16-32-29)28(37)34-22-9-7-21(8-10-22)33-27(36)24-13-17-3-1-2-4-18(17)14-26(24)35/h1-6,11-16,21-22,35H,7-10H2,(H,33,36)(H,34,37). The topological polar surface area (TPSA) is 101 Å². The van der Waals surface area contributed by atoms with Gasteiger partial charge in [0, 0.05) is 12.1 Å². The zero-order valence-electron chi connectivity index (χ0n) is 20.3. The van der Waals surface area contributed by atoms with Gasteiger partial charge >= 0.3 is 0 Å². The molecule has 1 fully saturated rings. The molecule has 7 nitrogen and oxygen atoms in total. The first-order valence-electron chi connectivity index (χ1n) is 12.3. The van der Waals surface area contributed by atoms with Crippen molar-refractivity contribution in [3.63, 3.8) is 0 Å². The zero-order chi connectivity index (χ0) is 26.6. The summed E-state index contributed by atoms with van der Waals surface area (Å²) in [6.07, 6.45) is 3.36. The molecule has 0 unspecified atom stereocenters. The molecule has 1 aliphatic rings. The molecule has 0 saturated heterocycles. The maximum absolute atomic E-state index is 13.9. The van der Waals surface area contributed by atoms with Crippen molar-refractivity contribution in [2.75, 3.05) is 0 Å². The van der Waals surface area contributed by atoms with Crippen molar-refractivity contribution in [1.82, 2.24) is 15.6 Å². The predicted octanol–water partition coefficient (Wildman–Crippen LogP) is 5.48. The first-order chi connectivity index (χ1) is 18.4. The van der Waals surface area contributed by atoms with E-state index in [1.165, 1.54) is 24.3 Å². The molecule has 9 heteroatoms. The highest BCUT2D eigenvalue weighted by molar-refractivity contribution is 6.01. The molecular formula is C29H25F2N3O4. The predicted molar refractivity (Wildman–Crippen MR) is 137 cm³/mol. The summed E-state index contributed by atoms with van der Waals surface area (Å²) in [5.74, 6) is -1.94. The molecule has 0 atom stereocenters. The quantitative estimate of drug-likeness (QED) is 0.314. The van der Waals surface area contributed by atoms with Gasteiger partial charge in [-0.2, -0.15) is 0 Å². The number of fused-ring (bicyclic) bond motifs is 1. The molecule has 2 amide bonds. The van der Waals surface area contributed by atoms with E-state index in [4.69, 9.17) is 4.74 Å². The van der Waals surface area contributed by atoms with E-state index in [0.717, 1.165) is 23.0 Å². The van der Waals surface area contributed by atoms with Crippen LogP contribution >= 0.6 is 0 Å². The second kappa shape index (κ2) is 10.8. The largest absolute Gasteiger partial charge is 0.507 e. The van der Waals surface area contributed by atoms with Crippen LogP contribution in [-0.2, 0) is 0 Å². The lowest BCUT2D eigenvalue weighted by atomic mass is 9.90. The van der Waals surface area contributed by atoms with Gasteiger partial charge in [-0.1, -0.05) is 24.3 Å². The van der Waals surface area contributed by atoms with Crippen LogP contribution in [0.4, 0.5) is 8.78 Å². The number of hydrogen-bond donors (Lipinski definition) is 3. The third kappa shape index (κ3) is 5.72. The highest BCUT2D eigenvalue weighted by Gasteiger charge is 2.26. The molecule has 1 heterocycles. The summed E-state index contributed by atoms with van der Waals surface area (Å²) < 4.78 is 32.7. The summed E-state index contributed by atoms with van der Waals surface area (Å²) in [5, 5.41) is 17.9. The molecule has 1 aromatic heterocycles. The van der Waals surface area contributed by atoms with Crippen LogP contribution in [0.2, 0.25) is 0 Å². The zero-order valence-corrected chi connectivity index (χ0v) is 20.3. The number of amides is 2. The number of hydrogen-bond acceptors (Lipinski definition) is 5. The number of carbonyl (C=O) groups excluding carboxylic acids is 2. The molecular weight excluding hydrogens is 492 g/mol. The molecule has 0 radical (unpaired) electrons. The number of aromatic nitrogens is 1. The fourth-order valence-electron chi connectivity index (χ4n) is 4.60. The fourth-order valence-corrected chi connectivity index (χ4v) is 4.60. The Balaban J connectivity index is 1.19. The molecule has 0 spiro atoms. The number of halogens is 2. The van der Waals surface area contributed by atoms with Crippen molar-refractivity contribution >= 4 is 22.6 Å². The monoisotopic (exact) mass is 517 g/mol. The van der Waals surface area contributed by atoms with Gasteiger partial charge in [0.15, 0.2) is 0 Å². The number of phenolic OH excluding ortho intramolecular Hbond substituents is 1.